The summed E-state index contributed by atoms with van der Waals surface area (Å²) in [6.45, 7) is 4.44. The molecule has 0 aliphatic rings. The number of thioether (sulfide) groups is 1. The van der Waals surface area contributed by atoms with E-state index in [4.69, 9.17) is 4.74 Å². The molecule has 1 heterocycles. The number of urea groups is 1. The number of hydrogen-bond donors (Lipinski definition) is 2. The monoisotopic (exact) mass is 361 g/mol. The van der Waals surface area contributed by atoms with E-state index in [1.54, 1.807) is 20.8 Å². The Balaban J connectivity index is 2.57. The molecule has 24 heavy (non-hydrogen) atoms. The number of esters is 1. The number of ether oxygens (including phenoxy) is 1. The van der Waals surface area contributed by atoms with Gasteiger partial charge in [0.2, 0.25) is 0 Å². The van der Waals surface area contributed by atoms with Crippen molar-refractivity contribution in [1.29, 1.82) is 0 Å². The van der Waals surface area contributed by atoms with Crippen molar-refractivity contribution in [1.82, 2.24) is 15.6 Å². The van der Waals surface area contributed by atoms with Crippen molar-refractivity contribution in [2.45, 2.75) is 37.1 Å². The zero-order valence-corrected chi connectivity index (χ0v) is 14.1. The van der Waals surface area contributed by atoms with Crippen LogP contribution in [-0.2, 0) is 9.53 Å². The first-order chi connectivity index (χ1) is 11.1. The highest BCUT2D eigenvalue weighted by Crippen LogP contribution is 2.26. The van der Waals surface area contributed by atoms with Gasteiger partial charge in [0.15, 0.2) is 6.61 Å². The van der Waals surface area contributed by atoms with Crippen LogP contribution in [0.4, 0.5) is 13.6 Å². The van der Waals surface area contributed by atoms with Crippen LogP contribution in [0.2, 0.25) is 0 Å². The molecule has 0 aliphatic carbocycles. The summed E-state index contributed by atoms with van der Waals surface area (Å²) >= 11 is 0.0947. The van der Waals surface area contributed by atoms with Crippen LogP contribution >= 0.6 is 11.8 Å². The van der Waals surface area contributed by atoms with E-state index in [-0.39, 0.29) is 22.4 Å². The Morgan fingerprint density at radius 1 is 1.33 bits per heavy atom. The van der Waals surface area contributed by atoms with Gasteiger partial charge in [-0.15, -0.1) is 0 Å². The molecule has 0 spiro atoms. The van der Waals surface area contributed by atoms with E-state index >= 15 is 0 Å². The number of rotatable bonds is 5. The van der Waals surface area contributed by atoms with Gasteiger partial charge in [-0.3, -0.25) is 10.1 Å². The summed E-state index contributed by atoms with van der Waals surface area (Å²) in [4.78, 5) is 38.6. The Hall–Kier alpha value is -2.23. The summed E-state index contributed by atoms with van der Waals surface area (Å²) in [5, 5.41) is 4.27. The molecule has 1 aromatic heterocycles. The Labute approximate surface area is 141 Å². The Bertz CT molecular complexity index is 620. The van der Waals surface area contributed by atoms with Crippen LogP contribution < -0.4 is 10.6 Å². The number of alkyl halides is 2. The lowest BCUT2D eigenvalue weighted by molar-refractivity contribution is -0.123. The molecule has 7 nitrogen and oxygen atoms in total. The van der Waals surface area contributed by atoms with Crippen LogP contribution in [0, 0.1) is 0 Å². The Morgan fingerprint density at radius 3 is 2.58 bits per heavy atom. The lowest BCUT2D eigenvalue weighted by Crippen LogP contribution is -2.49. The van der Waals surface area contributed by atoms with Crippen molar-refractivity contribution in [2.24, 2.45) is 0 Å². The first kappa shape index (κ1) is 19.8. The number of carbonyl (C=O) groups excluding carboxylic acids is 3. The van der Waals surface area contributed by atoms with E-state index < -0.39 is 35.8 Å². The van der Waals surface area contributed by atoms with Crippen molar-refractivity contribution in [3.05, 3.63) is 23.9 Å². The number of imide groups is 1. The number of nitrogens with zero attached hydrogens (tertiary/aromatic N) is 1. The van der Waals surface area contributed by atoms with E-state index in [0.717, 1.165) is 0 Å². The topological polar surface area (TPSA) is 97.4 Å². The van der Waals surface area contributed by atoms with Crippen LogP contribution in [-0.4, -0.2) is 40.8 Å². The van der Waals surface area contributed by atoms with Gasteiger partial charge in [0, 0.05) is 11.7 Å². The van der Waals surface area contributed by atoms with Gasteiger partial charge in [0.05, 0.1) is 5.56 Å². The highest BCUT2D eigenvalue weighted by molar-refractivity contribution is 7.99. The lowest BCUT2D eigenvalue weighted by Gasteiger charge is -2.20. The molecule has 0 bridgehead atoms. The van der Waals surface area contributed by atoms with E-state index in [1.165, 1.54) is 18.3 Å². The van der Waals surface area contributed by atoms with Gasteiger partial charge in [-0.1, -0.05) is 0 Å². The maximum atomic E-state index is 12.4. The predicted molar refractivity (Wildman–Crippen MR) is 82.8 cm³/mol. The van der Waals surface area contributed by atoms with Gasteiger partial charge in [-0.05, 0) is 44.7 Å². The van der Waals surface area contributed by atoms with Crippen LogP contribution in [0.5, 0.6) is 0 Å². The summed E-state index contributed by atoms with van der Waals surface area (Å²) in [6, 6.07) is 1.90. The summed E-state index contributed by atoms with van der Waals surface area (Å²) in [7, 11) is 0. The van der Waals surface area contributed by atoms with Crippen molar-refractivity contribution in [2.75, 3.05) is 6.61 Å². The van der Waals surface area contributed by atoms with Crippen molar-refractivity contribution in [3.63, 3.8) is 0 Å². The molecule has 0 unspecified atom stereocenters. The third-order valence-corrected chi connectivity index (χ3v) is 2.99. The minimum Gasteiger partial charge on any atom is -0.452 e. The smallest absolute Gasteiger partial charge is 0.341 e. The normalized spacial score (nSPS) is 11.1. The summed E-state index contributed by atoms with van der Waals surface area (Å²) in [6.07, 6.45) is 1.25. The molecule has 1 rings (SSSR count). The van der Waals surface area contributed by atoms with E-state index in [2.05, 4.69) is 10.3 Å². The summed E-state index contributed by atoms with van der Waals surface area (Å²) < 4.78 is 29.6. The van der Waals surface area contributed by atoms with Crippen molar-refractivity contribution in [3.8, 4) is 0 Å². The SMILES string of the molecule is CC(C)(C)NC(=O)NC(=O)COC(=O)c1cccnc1SC(F)F. The van der Waals surface area contributed by atoms with E-state index in [0.29, 0.717) is 0 Å². The molecule has 0 fully saturated rings. The minimum absolute atomic E-state index is 0.0947. The molecule has 0 radical (unpaired) electrons. The average Bonchev–Trinajstić information content (AvgIpc) is 2.42. The van der Waals surface area contributed by atoms with Gasteiger partial charge in [-0.25, -0.2) is 14.6 Å². The molecule has 3 amide bonds. The molecule has 0 aromatic carbocycles. The molecular weight excluding hydrogens is 344 g/mol. The van der Waals surface area contributed by atoms with E-state index in [1.807, 2.05) is 5.32 Å². The van der Waals surface area contributed by atoms with E-state index in [9.17, 15) is 23.2 Å². The van der Waals surface area contributed by atoms with Gasteiger partial charge >= 0.3 is 12.0 Å². The predicted octanol–water partition coefficient (Wildman–Crippen LogP) is 2.18. The largest absolute Gasteiger partial charge is 0.452 e. The first-order valence-electron chi connectivity index (χ1n) is 6.77. The number of nitrogens with one attached hydrogen (secondary N) is 2. The number of pyridine rings is 1. The zero-order chi connectivity index (χ0) is 18.3. The van der Waals surface area contributed by atoms with Crippen LogP contribution in [0.25, 0.3) is 0 Å². The molecule has 0 saturated heterocycles. The zero-order valence-electron chi connectivity index (χ0n) is 13.3. The maximum Gasteiger partial charge on any atom is 0.341 e. The second-order valence-corrected chi connectivity index (χ2v) is 6.54. The van der Waals surface area contributed by atoms with Gasteiger partial charge in [-0.2, -0.15) is 8.78 Å². The van der Waals surface area contributed by atoms with Crippen molar-refractivity contribution < 1.29 is 27.9 Å². The fourth-order valence-electron chi connectivity index (χ4n) is 1.47. The molecular formula is C14H17F2N3O4S. The molecule has 1 aromatic rings. The molecule has 2 N–H and O–H groups in total. The molecule has 0 saturated carbocycles. The Morgan fingerprint density at radius 2 is 2.00 bits per heavy atom. The highest BCUT2D eigenvalue weighted by atomic mass is 32.2. The fraction of sp³-hybridized carbons (Fsp3) is 0.429. The highest BCUT2D eigenvalue weighted by Gasteiger charge is 2.20. The summed E-state index contributed by atoms with van der Waals surface area (Å²) in [5.74, 6) is -4.59. The summed E-state index contributed by atoms with van der Waals surface area (Å²) in [5.41, 5.74) is -0.729. The molecule has 0 atom stereocenters. The second-order valence-electron chi connectivity index (χ2n) is 5.56. The number of halogens is 2. The number of hydrogen-bond acceptors (Lipinski definition) is 6. The minimum atomic E-state index is -2.75. The lowest BCUT2D eigenvalue weighted by atomic mass is 10.1. The van der Waals surface area contributed by atoms with Crippen LogP contribution in [0.15, 0.2) is 23.4 Å². The maximum absolute atomic E-state index is 12.4. The van der Waals surface area contributed by atoms with Gasteiger partial charge in [0.25, 0.3) is 11.7 Å². The van der Waals surface area contributed by atoms with Gasteiger partial charge in [0.1, 0.15) is 5.03 Å². The van der Waals surface area contributed by atoms with Gasteiger partial charge < -0.3 is 10.1 Å². The van der Waals surface area contributed by atoms with Crippen LogP contribution in [0.1, 0.15) is 31.1 Å². The van der Waals surface area contributed by atoms with Crippen molar-refractivity contribution >= 4 is 29.7 Å². The van der Waals surface area contributed by atoms with Crippen LogP contribution in [0.3, 0.4) is 0 Å². The second kappa shape index (κ2) is 8.57. The fourth-order valence-corrected chi connectivity index (χ4v) is 2.04. The average molecular weight is 361 g/mol. The molecule has 0 aliphatic heterocycles. The number of carbonyl (C=O) groups is 3. The quantitative estimate of drug-likeness (QED) is 0.616. The third-order valence-electron chi connectivity index (χ3n) is 2.27. The number of amides is 3. The molecule has 132 valence electrons. The Kier molecular flexibility index (Phi) is 7.08. The third kappa shape index (κ3) is 7.36. The molecule has 10 heteroatoms. The standard InChI is InChI=1S/C14H17F2N3O4S/c1-14(2,3)19-13(22)18-9(20)7-23-11(21)8-5-4-6-17-10(8)24-12(15)16/h4-6,12H,7H2,1-3H3,(H2,18,19,20,22). The first-order valence-corrected chi connectivity index (χ1v) is 7.65. The number of aromatic nitrogens is 1.